The summed E-state index contributed by atoms with van der Waals surface area (Å²) in [7, 11) is 4.02. The van der Waals surface area contributed by atoms with Gasteiger partial charge in [0.15, 0.2) is 0 Å². The van der Waals surface area contributed by atoms with E-state index in [-0.39, 0.29) is 27.3 Å². The van der Waals surface area contributed by atoms with E-state index in [4.69, 9.17) is 5.11 Å². The Morgan fingerprint density at radius 1 is 1.43 bits per heavy atom. The summed E-state index contributed by atoms with van der Waals surface area (Å²) in [5, 5.41) is 8.90. The molecule has 0 unspecified atom stereocenters. The fraction of sp³-hybridized carbons (Fsp3) is 1.00. The molecule has 2 radical (unpaired) electrons. The van der Waals surface area contributed by atoms with Gasteiger partial charge in [0.2, 0.25) is 0 Å². The van der Waals surface area contributed by atoms with Gasteiger partial charge in [0.25, 0.3) is 0 Å². The van der Waals surface area contributed by atoms with Gasteiger partial charge in [0.05, 0.1) is 0 Å². The molecule has 1 rings (SSSR count). The quantitative estimate of drug-likeness (QED) is 0.648. The van der Waals surface area contributed by atoms with Gasteiger partial charge in [-0.05, 0) is 0 Å². The molecular weight excluding hydrogens is 323 g/mol. The molecule has 0 aliphatic carbocycles. The van der Waals surface area contributed by atoms with Crippen molar-refractivity contribution < 1.29 is 5.11 Å². The van der Waals surface area contributed by atoms with Gasteiger partial charge in [-0.3, -0.25) is 0 Å². The van der Waals surface area contributed by atoms with E-state index in [1.54, 1.807) is 0 Å². The van der Waals surface area contributed by atoms with Crippen LogP contribution in [-0.2, 0) is 0 Å². The predicted molar refractivity (Wildman–Crippen MR) is 36.7 cm³/mol. The fourth-order valence-corrected chi connectivity index (χ4v) is 14.2. The Balaban J connectivity index is 2.12. The number of aliphatic hydroxyl groups excluding tert-OH is 1. The topological polar surface area (TPSA) is 20.2 Å². The summed E-state index contributed by atoms with van der Waals surface area (Å²) in [6.45, 7) is 0. The van der Waals surface area contributed by atoms with E-state index in [1.165, 1.54) is 0 Å². The van der Waals surface area contributed by atoms with Crippen molar-refractivity contribution in [2.75, 3.05) is 11.5 Å². The maximum absolute atomic E-state index is 8.90. The Hall–Kier alpha value is 1.58. The average molecular weight is 329 g/mol. The Morgan fingerprint density at radius 3 is 2.29 bits per heavy atom. The molecule has 1 nitrogen and oxygen atoms in total. The zero-order valence-electron chi connectivity index (χ0n) is 3.76. The summed E-state index contributed by atoms with van der Waals surface area (Å²) in [6, 6.07) is 0. The van der Waals surface area contributed by atoms with E-state index in [2.05, 4.69) is 0 Å². The zero-order valence-corrected chi connectivity index (χ0v) is 9.28. The molecule has 1 saturated heterocycles. The second-order valence-electron chi connectivity index (χ2n) is 1.36. The van der Waals surface area contributed by atoms with E-state index >= 15 is 0 Å². The minimum absolute atomic E-state index is 0.0104. The van der Waals surface area contributed by atoms with E-state index in [9.17, 15) is 0 Å². The molecule has 1 aliphatic rings. The van der Waals surface area contributed by atoms with Gasteiger partial charge in [0, 0.05) is 0 Å². The van der Waals surface area contributed by atoms with Crippen LogP contribution in [0.4, 0.5) is 0 Å². The van der Waals surface area contributed by atoms with Gasteiger partial charge in [-0.2, -0.15) is 0 Å². The van der Waals surface area contributed by atoms with Crippen molar-refractivity contribution in [3.63, 3.8) is 0 Å². The standard InChI is InChI=1S/C3H8OS2.Pb/c4-3(1-5)2-6;/h3-6H,1-2H2;/q;+2/p-2. The molecule has 1 aliphatic heterocycles. The Morgan fingerprint density at radius 2 is 2.00 bits per heavy atom. The summed E-state index contributed by atoms with van der Waals surface area (Å²) in [4.78, 5) is 0. The van der Waals surface area contributed by atoms with Crippen LogP contribution in [-0.4, -0.2) is 43.9 Å². The van der Waals surface area contributed by atoms with Crippen LogP contribution in [0.15, 0.2) is 0 Å². The summed E-state index contributed by atoms with van der Waals surface area (Å²) >= 11 is -0.255. The summed E-state index contributed by atoms with van der Waals surface area (Å²) < 4.78 is 0. The van der Waals surface area contributed by atoms with Gasteiger partial charge >= 0.3 is 60.6 Å². The van der Waals surface area contributed by atoms with E-state index in [1.807, 2.05) is 16.6 Å². The van der Waals surface area contributed by atoms with Crippen LogP contribution in [0.25, 0.3) is 0 Å². The van der Waals surface area contributed by atoms with Gasteiger partial charge < -0.3 is 0 Å². The van der Waals surface area contributed by atoms with Crippen LogP contribution >= 0.6 is 16.6 Å². The van der Waals surface area contributed by atoms with Gasteiger partial charge in [0.1, 0.15) is 0 Å². The molecule has 1 N–H and O–H groups in total. The van der Waals surface area contributed by atoms with Gasteiger partial charge in [-0.1, -0.05) is 0 Å². The van der Waals surface area contributed by atoms with Crippen LogP contribution < -0.4 is 0 Å². The van der Waals surface area contributed by atoms with Gasteiger partial charge in [-0.25, -0.2) is 0 Å². The molecule has 0 bridgehead atoms. The molecule has 1 fully saturated rings. The monoisotopic (exact) mass is 330 g/mol. The first kappa shape index (κ1) is 6.70. The van der Waals surface area contributed by atoms with Crippen LogP contribution in [0, 0.1) is 0 Å². The second-order valence-corrected chi connectivity index (χ2v) is 15.8. The third kappa shape index (κ3) is 2.57. The first-order valence-electron chi connectivity index (χ1n) is 2.06. The molecule has 0 aromatic heterocycles. The van der Waals surface area contributed by atoms with Crippen LogP contribution in [0.5, 0.6) is 0 Å². The Labute approximate surface area is 60.2 Å². The van der Waals surface area contributed by atoms with Crippen molar-refractivity contribution in [3.05, 3.63) is 0 Å². The molecule has 0 amide bonds. The molecule has 0 aromatic carbocycles. The average Bonchev–Trinajstić information content (AvgIpc) is 1.69. The summed E-state index contributed by atoms with van der Waals surface area (Å²) in [5.41, 5.74) is 0. The van der Waals surface area contributed by atoms with Gasteiger partial charge in [-0.15, -0.1) is 0 Å². The van der Waals surface area contributed by atoms with E-state index in [0.29, 0.717) is 0 Å². The first-order valence-corrected chi connectivity index (χ1v) is 13.6. The van der Waals surface area contributed by atoms with Crippen molar-refractivity contribution in [1.29, 1.82) is 0 Å². The molecule has 7 heavy (non-hydrogen) atoms. The van der Waals surface area contributed by atoms with Crippen molar-refractivity contribution in [2.24, 2.45) is 0 Å². The third-order valence-electron chi connectivity index (χ3n) is 0.669. The summed E-state index contributed by atoms with van der Waals surface area (Å²) in [5.74, 6) is 2.05. The molecule has 0 saturated carbocycles. The normalized spacial score (nSPS) is 25.3. The molecular formula is C3H6OPbS2. The predicted octanol–water partition coefficient (Wildman–Crippen LogP) is 0.362. The number of hydrogen-bond donors (Lipinski definition) is 1. The minimum atomic E-state index is -0.255. The fourth-order valence-electron chi connectivity index (χ4n) is 0.350. The van der Waals surface area contributed by atoms with Crippen molar-refractivity contribution in [2.45, 2.75) is 6.10 Å². The molecule has 40 valence electrons. The Bertz CT molecular complexity index is 54.9. The van der Waals surface area contributed by atoms with Crippen LogP contribution in [0.2, 0.25) is 0 Å². The molecule has 4 heteroatoms. The van der Waals surface area contributed by atoms with Crippen LogP contribution in [0.3, 0.4) is 0 Å². The molecule has 0 aromatic rings. The number of aliphatic hydroxyl groups is 1. The Kier molecular flexibility index (Phi) is 3.42. The van der Waals surface area contributed by atoms with Crippen molar-refractivity contribution in [1.82, 2.24) is 0 Å². The first-order chi connectivity index (χ1) is 3.39. The molecule has 0 spiro atoms. The molecule has 0 atom stereocenters. The van der Waals surface area contributed by atoms with Crippen LogP contribution in [0.1, 0.15) is 0 Å². The summed E-state index contributed by atoms with van der Waals surface area (Å²) in [6.07, 6.45) is 0.0104. The number of rotatable bonds is 0. The van der Waals surface area contributed by atoms with Crippen molar-refractivity contribution in [3.8, 4) is 0 Å². The molecule has 1 heterocycles. The maximum atomic E-state index is 8.90. The van der Waals surface area contributed by atoms with E-state index in [0.717, 1.165) is 11.5 Å². The van der Waals surface area contributed by atoms with E-state index < -0.39 is 0 Å². The third-order valence-corrected chi connectivity index (χ3v) is 14.8. The van der Waals surface area contributed by atoms with Crippen molar-refractivity contribution >= 4 is 37.9 Å². The SMILES string of the molecule is OC1C[S][Pb][S]C1. The zero-order chi connectivity index (χ0) is 5.11. The second kappa shape index (κ2) is 3.58. The number of hydrogen-bond acceptors (Lipinski definition) is 3.